The number of hydrogen-bond acceptors (Lipinski definition) is 3. The molecule has 4 nitrogen and oxygen atoms in total. The second-order valence-electron chi connectivity index (χ2n) is 9.58. The summed E-state index contributed by atoms with van der Waals surface area (Å²) < 4.78 is 27.7. The van der Waals surface area contributed by atoms with Crippen LogP contribution in [0.25, 0.3) is 0 Å². The molecule has 166 valence electrons. The molecule has 0 unspecified atom stereocenters. The Morgan fingerprint density at radius 3 is 2.48 bits per heavy atom. The third-order valence-corrected chi connectivity index (χ3v) is 6.83. The number of hydrogen-bond donors (Lipinski definition) is 0. The summed E-state index contributed by atoms with van der Waals surface area (Å²) in [6.07, 6.45) is 4.51. The van der Waals surface area contributed by atoms with Crippen molar-refractivity contribution >= 4 is 27.7 Å². The number of carbonyl (C=O) groups is 1. The predicted octanol–water partition coefficient (Wildman–Crippen LogP) is 7.12. The SMILES string of the molecule is CC(C)(C)OC(=O)N1CC2(CCCCC2)c2c1cc(OCc1ccccc1)c(Br)c2F. The van der Waals surface area contributed by atoms with Crippen LogP contribution in [0.4, 0.5) is 14.9 Å². The van der Waals surface area contributed by atoms with Crippen molar-refractivity contribution in [2.75, 3.05) is 11.4 Å². The molecule has 0 N–H and O–H groups in total. The minimum Gasteiger partial charge on any atom is -0.488 e. The Kier molecular flexibility index (Phi) is 6.03. The Morgan fingerprint density at radius 1 is 1.16 bits per heavy atom. The fourth-order valence-electron chi connectivity index (χ4n) is 4.73. The van der Waals surface area contributed by atoms with E-state index in [4.69, 9.17) is 9.47 Å². The molecule has 31 heavy (non-hydrogen) atoms. The highest BCUT2D eigenvalue weighted by atomic mass is 79.9. The molecule has 0 aromatic heterocycles. The van der Waals surface area contributed by atoms with E-state index < -0.39 is 11.7 Å². The third kappa shape index (κ3) is 4.45. The molecular weight excluding hydrogens is 461 g/mol. The van der Waals surface area contributed by atoms with Gasteiger partial charge in [-0.15, -0.1) is 0 Å². The predicted molar refractivity (Wildman–Crippen MR) is 123 cm³/mol. The Labute approximate surface area is 191 Å². The number of benzene rings is 2. The molecule has 2 aromatic carbocycles. The number of amides is 1. The van der Waals surface area contributed by atoms with Gasteiger partial charge in [0, 0.05) is 23.6 Å². The lowest BCUT2D eigenvalue weighted by Crippen LogP contribution is -2.41. The number of ether oxygens (including phenoxy) is 2. The minimum atomic E-state index is -0.625. The Balaban J connectivity index is 1.73. The molecule has 0 atom stereocenters. The molecule has 1 fully saturated rings. The van der Waals surface area contributed by atoms with E-state index >= 15 is 4.39 Å². The molecule has 0 bridgehead atoms. The molecule has 1 aliphatic heterocycles. The normalized spacial score (nSPS) is 17.5. The van der Waals surface area contributed by atoms with Gasteiger partial charge in [-0.1, -0.05) is 49.6 Å². The molecule has 1 saturated carbocycles. The molecule has 1 aliphatic carbocycles. The van der Waals surface area contributed by atoms with Gasteiger partial charge >= 0.3 is 6.09 Å². The number of rotatable bonds is 3. The highest BCUT2D eigenvalue weighted by Crippen LogP contribution is 2.53. The maximum Gasteiger partial charge on any atom is 0.414 e. The number of carbonyl (C=O) groups excluding carboxylic acids is 1. The molecule has 2 aromatic rings. The summed E-state index contributed by atoms with van der Waals surface area (Å²) in [5.74, 6) is 0.0649. The maximum atomic E-state index is 15.8. The van der Waals surface area contributed by atoms with Gasteiger partial charge in [0.15, 0.2) is 0 Å². The van der Waals surface area contributed by atoms with Crippen molar-refractivity contribution in [1.29, 1.82) is 0 Å². The lowest BCUT2D eigenvalue weighted by molar-refractivity contribution is 0.0575. The highest BCUT2D eigenvalue weighted by molar-refractivity contribution is 9.10. The third-order valence-electron chi connectivity index (χ3n) is 6.10. The van der Waals surface area contributed by atoms with E-state index in [1.165, 1.54) is 0 Å². The summed E-state index contributed by atoms with van der Waals surface area (Å²) in [5, 5.41) is 0. The van der Waals surface area contributed by atoms with Gasteiger partial charge in [-0.3, -0.25) is 4.90 Å². The smallest absolute Gasteiger partial charge is 0.414 e. The van der Waals surface area contributed by atoms with Gasteiger partial charge in [-0.05, 0) is 55.1 Å². The lowest BCUT2D eigenvalue weighted by atomic mass is 9.70. The van der Waals surface area contributed by atoms with Gasteiger partial charge in [-0.2, -0.15) is 0 Å². The van der Waals surface area contributed by atoms with Crippen LogP contribution < -0.4 is 9.64 Å². The van der Waals surface area contributed by atoms with E-state index in [1.807, 2.05) is 51.1 Å². The Hall–Kier alpha value is -2.08. The molecule has 1 spiro atoms. The van der Waals surface area contributed by atoms with Crippen molar-refractivity contribution < 1.29 is 18.7 Å². The van der Waals surface area contributed by atoms with Crippen molar-refractivity contribution in [2.24, 2.45) is 0 Å². The summed E-state index contributed by atoms with van der Waals surface area (Å²) in [6, 6.07) is 11.5. The second-order valence-corrected chi connectivity index (χ2v) is 10.4. The molecule has 1 amide bonds. The van der Waals surface area contributed by atoms with Crippen LogP contribution >= 0.6 is 15.9 Å². The zero-order valence-corrected chi connectivity index (χ0v) is 19.9. The fourth-order valence-corrected chi connectivity index (χ4v) is 5.16. The summed E-state index contributed by atoms with van der Waals surface area (Å²) in [4.78, 5) is 14.7. The van der Waals surface area contributed by atoms with Gasteiger partial charge in [0.1, 0.15) is 23.8 Å². The average Bonchev–Trinajstić information content (AvgIpc) is 3.03. The van der Waals surface area contributed by atoms with E-state index in [2.05, 4.69) is 15.9 Å². The largest absolute Gasteiger partial charge is 0.488 e. The zero-order valence-electron chi connectivity index (χ0n) is 18.3. The molecule has 4 rings (SSSR count). The van der Waals surface area contributed by atoms with Crippen LogP contribution in [0.2, 0.25) is 0 Å². The fraction of sp³-hybridized carbons (Fsp3) is 0.480. The quantitative estimate of drug-likeness (QED) is 0.460. The van der Waals surface area contributed by atoms with Gasteiger partial charge in [-0.25, -0.2) is 9.18 Å². The van der Waals surface area contributed by atoms with Crippen LogP contribution in [0.15, 0.2) is 40.9 Å². The first-order chi connectivity index (χ1) is 14.7. The number of anilines is 1. The van der Waals surface area contributed by atoms with Crippen molar-refractivity contribution in [2.45, 2.75) is 70.5 Å². The van der Waals surface area contributed by atoms with Crippen LogP contribution in [0, 0.1) is 5.82 Å². The monoisotopic (exact) mass is 489 g/mol. The van der Waals surface area contributed by atoms with E-state index in [1.54, 1.807) is 11.0 Å². The van der Waals surface area contributed by atoms with Gasteiger partial charge < -0.3 is 9.47 Å². The van der Waals surface area contributed by atoms with Crippen LogP contribution in [-0.2, 0) is 16.8 Å². The summed E-state index contributed by atoms with van der Waals surface area (Å²) in [6.45, 7) is 6.29. The minimum absolute atomic E-state index is 0.315. The zero-order chi connectivity index (χ0) is 22.2. The summed E-state index contributed by atoms with van der Waals surface area (Å²) in [5.41, 5.74) is 1.19. The van der Waals surface area contributed by atoms with E-state index in [-0.39, 0.29) is 11.2 Å². The van der Waals surface area contributed by atoms with Gasteiger partial charge in [0.25, 0.3) is 0 Å². The average molecular weight is 490 g/mol. The van der Waals surface area contributed by atoms with Crippen LogP contribution in [-0.4, -0.2) is 18.2 Å². The first kappa shape index (κ1) is 22.1. The Bertz CT molecular complexity index is 965. The summed E-state index contributed by atoms with van der Waals surface area (Å²) >= 11 is 3.43. The molecule has 1 heterocycles. The number of halogens is 2. The van der Waals surface area contributed by atoms with Crippen molar-refractivity contribution in [3.8, 4) is 5.75 Å². The number of fused-ring (bicyclic) bond motifs is 2. The summed E-state index contributed by atoms with van der Waals surface area (Å²) in [7, 11) is 0. The molecule has 0 radical (unpaired) electrons. The van der Waals surface area contributed by atoms with Crippen molar-refractivity contribution in [1.82, 2.24) is 0 Å². The van der Waals surface area contributed by atoms with Crippen LogP contribution in [0.5, 0.6) is 5.75 Å². The second kappa shape index (κ2) is 8.45. The topological polar surface area (TPSA) is 38.8 Å². The van der Waals surface area contributed by atoms with Gasteiger partial charge in [0.2, 0.25) is 0 Å². The first-order valence-corrected chi connectivity index (χ1v) is 11.7. The number of nitrogens with zero attached hydrogens (tertiary/aromatic N) is 1. The van der Waals surface area contributed by atoms with E-state index in [9.17, 15) is 4.79 Å². The van der Waals surface area contributed by atoms with Crippen molar-refractivity contribution in [3.05, 3.63) is 57.8 Å². The van der Waals surface area contributed by atoms with Gasteiger partial charge in [0.05, 0.1) is 10.2 Å². The first-order valence-electron chi connectivity index (χ1n) is 10.9. The maximum absolute atomic E-state index is 15.8. The lowest BCUT2D eigenvalue weighted by Gasteiger charge is -2.34. The van der Waals surface area contributed by atoms with E-state index in [0.29, 0.717) is 34.6 Å². The van der Waals surface area contributed by atoms with Crippen molar-refractivity contribution in [3.63, 3.8) is 0 Å². The standard InChI is InChI=1S/C25H29BrFNO3/c1-24(2,3)31-23(29)28-16-25(12-8-5-9-13-25)20-18(28)14-19(21(26)22(20)27)30-15-17-10-6-4-7-11-17/h4,6-7,10-11,14H,5,8-9,12-13,15-16H2,1-3H3. The highest BCUT2D eigenvalue weighted by Gasteiger charge is 2.49. The molecule has 6 heteroatoms. The molecule has 0 saturated heterocycles. The molecular formula is C25H29BrFNO3. The van der Waals surface area contributed by atoms with Crippen LogP contribution in [0.1, 0.15) is 64.0 Å². The van der Waals surface area contributed by atoms with E-state index in [0.717, 1.165) is 37.7 Å². The Morgan fingerprint density at radius 2 is 1.84 bits per heavy atom. The van der Waals surface area contributed by atoms with Crippen LogP contribution in [0.3, 0.4) is 0 Å². The molecule has 2 aliphatic rings.